The summed E-state index contributed by atoms with van der Waals surface area (Å²) in [5.74, 6) is -0.130. The molecule has 0 aliphatic rings. The summed E-state index contributed by atoms with van der Waals surface area (Å²) in [6.07, 6.45) is 0.319. The fourth-order valence-corrected chi connectivity index (χ4v) is 2.50. The summed E-state index contributed by atoms with van der Waals surface area (Å²) in [5.41, 5.74) is -0.555. The number of carbonyl (C=O) groups excluding carboxylic acids is 1. The van der Waals surface area contributed by atoms with Crippen molar-refractivity contribution in [2.75, 3.05) is 0 Å². The molecule has 1 atom stereocenters. The number of Topliss-reactive ketones (excluding diaryl/α,β-unsaturated/α-hetero) is 1. The predicted molar refractivity (Wildman–Crippen MR) is 59.7 cm³/mol. The average molecular weight is 236 g/mol. The van der Waals surface area contributed by atoms with Crippen LogP contribution < -0.4 is 9.44 Å². The highest BCUT2D eigenvalue weighted by atomic mass is 32.2. The van der Waals surface area contributed by atoms with Gasteiger partial charge < -0.3 is 0 Å². The molecule has 0 spiro atoms. The van der Waals surface area contributed by atoms with E-state index in [1.165, 1.54) is 6.92 Å². The van der Waals surface area contributed by atoms with Gasteiger partial charge in [-0.2, -0.15) is 17.9 Å². The maximum atomic E-state index is 11.5. The lowest BCUT2D eigenvalue weighted by atomic mass is 10.1. The number of nitrogens with one attached hydrogen (secondary N) is 2. The summed E-state index contributed by atoms with van der Waals surface area (Å²) in [6, 6.07) is -0.685. The lowest BCUT2D eigenvalue weighted by Gasteiger charge is -2.22. The molecule has 0 aliphatic heterocycles. The van der Waals surface area contributed by atoms with Crippen LogP contribution in [0, 0.1) is 0 Å². The van der Waals surface area contributed by atoms with Gasteiger partial charge in [0.25, 0.3) is 10.2 Å². The van der Waals surface area contributed by atoms with Gasteiger partial charge in [0.05, 0.1) is 6.04 Å². The summed E-state index contributed by atoms with van der Waals surface area (Å²) in [6.45, 7) is 8.44. The Morgan fingerprint density at radius 1 is 1.33 bits per heavy atom. The Labute approximate surface area is 91.8 Å². The maximum absolute atomic E-state index is 11.5. The molecule has 90 valence electrons. The molecule has 6 heteroatoms. The summed E-state index contributed by atoms with van der Waals surface area (Å²) in [4.78, 5) is 11.2. The van der Waals surface area contributed by atoms with Gasteiger partial charge in [0, 0.05) is 12.0 Å². The standard InChI is InChI=1S/C9H20N2O3S/c1-6-8(12)7(2)10-15(13,14)11-9(3,4)5/h7,10-11H,6H2,1-5H3. The number of ketones is 1. The van der Waals surface area contributed by atoms with Crippen LogP contribution in [0.5, 0.6) is 0 Å². The van der Waals surface area contributed by atoms with E-state index in [0.29, 0.717) is 6.42 Å². The zero-order chi connectivity index (χ0) is 12.3. The second kappa shape index (κ2) is 5.05. The SMILES string of the molecule is CCC(=O)C(C)NS(=O)(=O)NC(C)(C)C. The molecule has 0 aromatic carbocycles. The molecule has 0 heterocycles. The Bertz CT molecular complexity index is 317. The van der Waals surface area contributed by atoms with Crippen LogP contribution in [-0.4, -0.2) is 25.8 Å². The molecule has 0 aliphatic carbocycles. The van der Waals surface area contributed by atoms with Crippen molar-refractivity contribution < 1.29 is 13.2 Å². The Morgan fingerprint density at radius 3 is 2.13 bits per heavy atom. The van der Waals surface area contributed by atoms with Gasteiger partial charge in [-0.15, -0.1) is 0 Å². The smallest absolute Gasteiger partial charge is 0.278 e. The molecule has 0 aromatic heterocycles. The van der Waals surface area contributed by atoms with Gasteiger partial charge in [0.15, 0.2) is 0 Å². The Kier molecular flexibility index (Phi) is 4.89. The van der Waals surface area contributed by atoms with Crippen LogP contribution in [0.3, 0.4) is 0 Å². The predicted octanol–water partition coefficient (Wildman–Crippen LogP) is 0.576. The van der Waals surface area contributed by atoms with E-state index in [4.69, 9.17) is 0 Å². The second-order valence-corrected chi connectivity index (χ2v) is 5.96. The van der Waals surface area contributed by atoms with Crippen LogP contribution in [0.15, 0.2) is 0 Å². The number of hydrogen-bond acceptors (Lipinski definition) is 3. The molecule has 15 heavy (non-hydrogen) atoms. The second-order valence-electron chi connectivity index (χ2n) is 4.51. The van der Waals surface area contributed by atoms with Crippen LogP contribution in [-0.2, 0) is 15.0 Å². The molecule has 2 N–H and O–H groups in total. The van der Waals surface area contributed by atoms with Crippen LogP contribution >= 0.6 is 0 Å². The van der Waals surface area contributed by atoms with Crippen LogP contribution in [0.4, 0.5) is 0 Å². The van der Waals surface area contributed by atoms with Gasteiger partial charge in [-0.05, 0) is 27.7 Å². The lowest BCUT2D eigenvalue weighted by molar-refractivity contribution is -0.119. The minimum atomic E-state index is -3.61. The van der Waals surface area contributed by atoms with Gasteiger partial charge >= 0.3 is 0 Å². The summed E-state index contributed by atoms with van der Waals surface area (Å²) in [5, 5.41) is 0. The van der Waals surface area contributed by atoms with E-state index >= 15 is 0 Å². The molecule has 0 amide bonds. The quantitative estimate of drug-likeness (QED) is 0.733. The van der Waals surface area contributed by atoms with Crippen LogP contribution in [0.2, 0.25) is 0 Å². The number of hydrogen-bond donors (Lipinski definition) is 2. The first-order valence-electron chi connectivity index (χ1n) is 4.91. The van der Waals surface area contributed by atoms with E-state index in [9.17, 15) is 13.2 Å². The molecule has 0 fully saturated rings. The zero-order valence-corrected chi connectivity index (χ0v) is 10.7. The Morgan fingerprint density at radius 2 is 1.80 bits per heavy atom. The third-order valence-corrected chi connectivity index (χ3v) is 3.15. The van der Waals surface area contributed by atoms with Gasteiger partial charge in [-0.25, -0.2) is 0 Å². The first-order chi connectivity index (χ1) is 6.57. The van der Waals surface area contributed by atoms with Crippen molar-refractivity contribution in [3.8, 4) is 0 Å². The van der Waals surface area contributed by atoms with E-state index in [1.54, 1.807) is 27.7 Å². The third kappa shape index (κ3) is 6.59. The molecule has 0 saturated heterocycles. The highest BCUT2D eigenvalue weighted by Crippen LogP contribution is 2.01. The first-order valence-corrected chi connectivity index (χ1v) is 6.39. The van der Waals surface area contributed by atoms with Crippen molar-refractivity contribution in [1.82, 2.24) is 9.44 Å². The molecular formula is C9H20N2O3S. The molecule has 0 rings (SSSR count). The van der Waals surface area contributed by atoms with Crippen molar-refractivity contribution in [1.29, 1.82) is 0 Å². The minimum Gasteiger partial charge on any atom is -0.298 e. The normalized spacial score (nSPS) is 15.0. The van der Waals surface area contributed by atoms with Crippen molar-refractivity contribution in [2.45, 2.75) is 52.6 Å². The van der Waals surface area contributed by atoms with Gasteiger partial charge in [0.2, 0.25) is 0 Å². The summed E-state index contributed by atoms with van der Waals surface area (Å²) in [7, 11) is -3.61. The highest BCUT2D eigenvalue weighted by molar-refractivity contribution is 7.87. The topological polar surface area (TPSA) is 75.3 Å². The van der Waals surface area contributed by atoms with E-state index in [1.807, 2.05) is 0 Å². The molecule has 0 bridgehead atoms. The fraction of sp³-hybridized carbons (Fsp3) is 0.889. The van der Waals surface area contributed by atoms with E-state index < -0.39 is 21.8 Å². The largest absolute Gasteiger partial charge is 0.298 e. The van der Waals surface area contributed by atoms with E-state index in [0.717, 1.165) is 0 Å². The maximum Gasteiger partial charge on any atom is 0.278 e. The van der Waals surface area contributed by atoms with E-state index in [-0.39, 0.29) is 5.78 Å². The van der Waals surface area contributed by atoms with Crippen molar-refractivity contribution in [2.24, 2.45) is 0 Å². The molecular weight excluding hydrogens is 216 g/mol. The Balaban J connectivity index is 4.46. The fourth-order valence-electron chi connectivity index (χ4n) is 1.04. The number of carbonyl (C=O) groups is 1. The minimum absolute atomic E-state index is 0.130. The van der Waals surface area contributed by atoms with Crippen molar-refractivity contribution in [3.63, 3.8) is 0 Å². The molecule has 0 saturated carbocycles. The molecule has 0 radical (unpaired) electrons. The summed E-state index contributed by atoms with van der Waals surface area (Å²) < 4.78 is 27.7. The van der Waals surface area contributed by atoms with Gasteiger partial charge in [-0.3, -0.25) is 4.79 Å². The lowest BCUT2D eigenvalue weighted by Crippen LogP contribution is -2.50. The zero-order valence-electron chi connectivity index (χ0n) is 9.92. The summed E-state index contributed by atoms with van der Waals surface area (Å²) >= 11 is 0. The first kappa shape index (κ1) is 14.5. The van der Waals surface area contributed by atoms with Crippen LogP contribution in [0.1, 0.15) is 41.0 Å². The van der Waals surface area contributed by atoms with Gasteiger partial charge in [-0.1, -0.05) is 6.92 Å². The Hall–Kier alpha value is -0.460. The molecule has 0 aromatic rings. The van der Waals surface area contributed by atoms with Gasteiger partial charge in [0.1, 0.15) is 5.78 Å². The monoisotopic (exact) mass is 236 g/mol. The average Bonchev–Trinajstić information content (AvgIpc) is 1.96. The third-order valence-electron chi connectivity index (χ3n) is 1.60. The number of rotatable bonds is 5. The highest BCUT2D eigenvalue weighted by Gasteiger charge is 2.23. The van der Waals surface area contributed by atoms with Crippen molar-refractivity contribution >= 4 is 16.0 Å². The van der Waals surface area contributed by atoms with Crippen LogP contribution in [0.25, 0.3) is 0 Å². The van der Waals surface area contributed by atoms with Crippen molar-refractivity contribution in [3.05, 3.63) is 0 Å². The molecule has 5 nitrogen and oxygen atoms in total. The molecule has 1 unspecified atom stereocenters. The van der Waals surface area contributed by atoms with E-state index in [2.05, 4.69) is 9.44 Å².